The number of anilines is 1. The molecular formula is C15H14ClNO3. The molecule has 1 amide bonds. The zero-order chi connectivity index (χ0) is 14.5. The van der Waals surface area contributed by atoms with Crippen LogP contribution in [0.1, 0.15) is 10.4 Å². The lowest BCUT2D eigenvalue weighted by Crippen LogP contribution is -2.12. The van der Waals surface area contributed by atoms with Crippen LogP contribution < -0.4 is 14.8 Å². The third kappa shape index (κ3) is 3.22. The maximum absolute atomic E-state index is 12.2. The summed E-state index contributed by atoms with van der Waals surface area (Å²) in [6.07, 6.45) is 0. The number of hydrogen-bond acceptors (Lipinski definition) is 3. The van der Waals surface area contributed by atoms with E-state index >= 15 is 0 Å². The predicted molar refractivity (Wildman–Crippen MR) is 79.0 cm³/mol. The van der Waals surface area contributed by atoms with Gasteiger partial charge in [-0.15, -0.1) is 0 Å². The topological polar surface area (TPSA) is 47.6 Å². The Hall–Kier alpha value is -2.20. The number of amides is 1. The van der Waals surface area contributed by atoms with Gasteiger partial charge in [0.25, 0.3) is 5.91 Å². The average molecular weight is 292 g/mol. The zero-order valence-corrected chi connectivity index (χ0v) is 11.9. The standard InChI is InChI=1S/C15H14ClNO3/c1-19-11-7-10(8-12(9-11)20-2)15(18)17-14-6-4-3-5-13(14)16/h3-9H,1-2H3,(H,17,18). The highest BCUT2D eigenvalue weighted by Crippen LogP contribution is 2.25. The molecule has 0 atom stereocenters. The number of carbonyl (C=O) groups is 1. The third-order valence-electron chi connectivity index (χ3n) is 2.74. The second-order valence-electron chi connectivity index (χ2n) is 4.04. The molecule has 0 aromatic heterocycles. The lowest BCUT2D eigenvalue weighted by Gasteiger charge is -2.10. The van der Waals surface area contributed by atoms with Gasteiger partial charge in [-0.05, 0) is 24.3 Å². The van der Waals surface area contributed by atoms with Gasteiger partial charge in [-0.3, -0.25) is 4.79 Å². The lowest BCUT2D eigenvalue weighted by atomic mass is 10.2. The van der Waals surface area contributed by atoms with Crippen molar-refractivity contribution in [2.24, 2.45) is 0 Å². The minimum Gasteiger partial charge on any atom is -0.497 e. The number of benzene rings is 2. The number of nitrogens with one attached hydrogen (secondary N) is 1. The van der Waals surface area contributed by atoms with Crippen molar-refractivity contribution in [3.05, 3.63) is 53.1 Å². The van der Waals surface area contributed by atoms with Crippen molar-refractivity contribution in [3.63, 3.8) is 0 Å². The van der Waals surface area contributed by atoms with Gasteiger partial charge in [-0.25, -0.2) is 0 Å². The largest absolute Gasteiger partial charge is 0.497 e. The van der Waals surface area contributed by atoms with Gasteiger partial charge in [0.15, 0.2) is 0 Å². The fourth-order valence-electron chi connectivity index (χ4n) is 1.70. The molecule has 104 valence electrons. The zero-order valence-electron chi connectivity index (χ0n) is 11.1. The number of methoxy groups -OCH3 is 2. The van der Waals surface area contributed by atoms with Crippen LogP contribution in [0.4, 0.5) is 5.69 Å². The minimum absolute atomic E-state index is 0.282. The van der Waals surface area contributed by atoms with Crippen LogP contribution in [0.15, 0.2) is 42.5 Å². The number of ether oxygens (including phenoxy) is 2. The van der Waals surface area contributed by atoms with Crippen LogP contribution in [-0.2, 0) is 0 Å². The first-order valence-electron chi connectivity index (χ1n) is 5.93. The van der Waals surface area contributed by atoms with E-state index in [1.165, 1.54) is 14.2 Å². The summed E-state index contributed by atoms with van der Waals surface area (Å²) < 4.78 is 10.3. The van der Waals surface area contributed by atoms with Crippen molar-refractivity contribution in [3.8, 4) is 11.5 Å². The van der Waals surface area contributed by atoms with E-state index < -0.39 is 0 Å². The van der Waals surface area contributed by atoms with E-state index in [0.717, 1.165) is 0 Å². The molecule has 4 nitrogen and oxygen atoms in total. The van der Waals surface area contributed by atoms with E-state index in [1.54, 1.807) is 42.5 Å². The molecule has 2 rings (SSSR count). The van der Waals surface area contributed by atoms with E-state index in [9.17, 15) is 4.79 Å². The van der Waals surface area contributed by atoms with E-state index in [0.29, 0.717) is 27.8 Å². The van der Waals surface area contributed by atoms with Gasteiger partial charge in [-0.1, -0.05) is 23.7 Å². The summed E-state index contributed by atoms with van der Waals surface area (Å²) in [4.78, 5) is 12.2. The van der Waals surface area contributed by atoms with Crippen molar-refractivity contribution in [2.45, 2.75) is 0 Å². The van der Waals surface area contributed by atoms with Gasteiger partial charge in [-0.2, -0.15) is 0 Å². The van der Waals surface area contributed by atoms with Crippen LogP contribution in [0.25, 0.3) is 0 Å². The average Bonchev–Trinajstić information content (AvgIpc) is 2.48. The summed E-state index contributed by atoms with van der Waals surface area (Å²) in [5.74, 6) is 0.817. The molecule has 20 heavy (non-hydrogen) atoms. The van der Waals surface area contributed by atoms with Crippen LogP contribution in [0, 0.1) is 0 Å². The number of rotatable bonds is 4. The highest BCUT2D eigenvalue weighted by molar-refractivity contribution is 6.33. The fourth-order valence-corrected chi connectivity index (χ4v) is 1.88. The molecule has 0 aliphatic rings. The van der Waals surface area contributed by atoms with E-state index in [2.05, 4.69) is 5.32 Å². The molecule has 0 unspecified atom stereocenters. The Labute approximate surface area is 122 Å². The van der Waals surface area contributed by atoms with Crippen LogP contribution >= 0.6 is 11.6 Å². The molecule has 0 saturated carbocycles. The van der Waals surface area contributed by atoms with Crippen molar-refractivity contribution >= 4 is 23.2 Å². The SMILES string of the molecule is COc1cc(OC)cc(C(=O)Nc2ccccc2Cl)c1. The van der Waals surface area contributed by atoms with E-state index in [1.807, 2.05) is 0 Å². The summed E-state index contributed by atoms with van der Waals surface area (Å²) in [5.41, 5.74) is 0.988. The first-order valence-corrected chi connectivity index (χ1v) is 6.31. The van der Waals surface area contributed by atoms with Gasteiger partial charge in [0.1, 0.15) is 11.5 Å². The molecule has 2 aromatic carbocycles. The molecule has 0 radical (unpaired) electrons. The van der Waals surface area contributed by atoms with Crippen molar-refractivity contribution < 1.29 is 14.3 Å². The Morgan fingerprint density at radius 3 is 2.20 bits per heavy atom. The number of hydrogen-bond donors (Lipinski definition) is 1. The molecule has 0 heterocycles. The molecule has 0 aliphatic heterocycles. The molecule has 0 spiro atoms. The fraction of sp³-hybridized carbons (Fsp3) is 0.133. The lowest BCUT2D eigenvalue weighted by molar-refractivity contribution is 0.102. The Bertz CT molecular complexity index is 606. The van der Waals surface area contributed by atoms with Crippen molar-refractivity contribution in [2.75, 3.05) is 19.5 Å². The molecule has 0 saturated heterocycles. The second kappa shape index (κ2) is 6.30. The maximum atomic E-state index is 12.2. The Kier molecular flexibility index (Phi) is 4.48. The molecule has 1 N–H and O–H groups in total. The summed E-state index contributed by atoms with van der Waals surface area (Å²) in [6, 6.07) is 12.0. The molecule has 0 fully saturated rings. The van der Waals surface area contributed by atoms with Crippen LogP contribution in [0.3, 0.4) is 0 Å². The molecule has 2 aromatic rings. The second-order valence-corrected chi connectivity index (χ2v) is 4.44. The van der Waals surface area contributed by atoms with Crippen molar-refractivity contribution in [1.82, 2.24) is 0 Å². The normalized spacial score (nSPS) is 9.95. The van der Waals surface area contributed by atoms with Gasteiger partial charge in [0.2, 0.25) is 0 Å². The first kappa shape index (κ1) is 14.2. The Morgan fingerprint density at radius 1 is 1.05 bits per heavy atom. The minimum atomic E-state index is -0.282. The summed E-state index contributed by atoms with van der Waals surface area (Å²) in [6.45, 7) is 0. The molecule has 0 aliphatic carbocycles. The quantitative estimate of drug-likeness (QED) is 0.936. The monoisotopic (exact) mass is 291 g/mol. The smallest absolute Gasteiger partial charge is 0.255 e. The van der Waals surface area contributed by atoms with Gasteiger partial charge in [0, 0.05) is 11.6 Å². The predicted octanol–water partition coefficient (Wildman–Crippen LogP) is 3.61. The number of para-hydroxylation sites is 1. The number of carbonyl (C=O) groups excluding carboxylic acids is 1. The highest BCUT2D eigenvalue weighted by atomic mass is 35.5. The van der Waals surface area contributed by atoms with Crippen molar-refractivity contribution in [1.29, 1.82) is 0 Å². The third-order valence-corrected chi connectivity index (χ3v) is 3.07. The highest BCUT2D eigenvalue weighted by Gasteiger charge is 2.11. The van der Waals surface area contributed by atoms with Crippen LogP contribution in [-0.4, -0.2) is 20.1 Å². The summed E-state index contributed by atoms with van der Waals surface area (Å²) in [7, 11) is 3.06. The Balaban J connectivity index is 2.27. The first-order chi connectivity index (χ1) is 9.63. The Morgan fingerprint density at radius 2 is 1.65 bits per heavy atom. The van der Waals surface area contributed by atoms with Crippen LogP contribution in [0.2, 0.25) is 5.02 Å². The molecular weight excluding hydrogens is 278 g/mol. The number of halogens is 1. The molecule has 0 bridgehead atoms. The summed E-state index contributed by atoms with van der Waals surface area (Å²) in [5, 5.41) is 3.23. The van der Waals surface area contributed by atoms with E-state index in [4.69, 9.17) is 21.1 Å². The summed E-state index contributed by atoms with van der Waals surface area (Å²) >= 11 is 6.01. The molecule has 5 heteroatoms. The van der Waals surface area contributed by atoms with Gasteiger partial charge >= 0.3 is 0 Å². The van der Waals surface area contributed by atoms with Gasteiger partial charge < -0.3 is 14.8 Å². The van der Waals surface area contributed by atoms with Crippen LogP contribution in [0.5, 0.6) is 11.5 Å². The van der Waals surface area contributed by atoms with E-state index in [-0.39, 0.29) is 5.91 Å². The maximum Gasteiger partial charge on any atom is 0.255 e. The van der Waals surface area contributed by atoms with Gasteiger partial charge in [0.05, 0.1) is 24.9 Å².